The average molecular weight is 271 g/mol. The molecule has 1 aromatic carbocycles. The van der Waals surface area contributed by atoms with E-state index in [1.165, 1.54) is 12.8 Å². The highest BCUT2D eigenvalue weighted by Crippen LogP contribution is 2.40. The summed E-state index contributed by atoms with van der Waals surface area (Å²) in [5.74, 6) is 2.62. The molecule has 2 heterocycles. The fraction of sp³-hybridized carbons (Fsp3) is 0.400. The molecule has 1 aliphatic carbocycles. The first-order valence-electron chi connectivity index (χ1n) is 7.02. The zero-order chi connectivity index (χ0) is 13.5. The minimum absolute atomic E-state index is 0.295. The molecule has 20 heavy (non-hydrogen) atoms. The molecule has 0 spiro atoms. The predicted octanol–water partition coefficient (Wildman–Crippen LogP) is 1.89. The van der Waals surface area contributed by atoms with Gasteiger partial charge in [0.2, 0.25) is 6.79 Å². The van der Waals surface area contributed by atoms with E-state index in [4.69, 9.17) is 15.2 Å². The van der Waals surface area contributed by atoms with Crippen LogP contribution in [0.1, 0.15) is 12.8 Å². The number of fused-ring (bicyclic) bond motifs is 2. The molecule has 2 N–H and O–H groups in total. The third kappa shape index (κ3) is 1.86. The van der Waals surface area contributed by atoms with Crippen molar-refractivity contribution in [1.82, 2.24) is 4.98 Å². The van der Waals surface area contributed by atoms with Gasteiger partial charge in [-0.3, -0.25) is 0 Å². The van der Waals surface area contributed by atoms with Gasteiger partial charge in [-0.1, -0.05) is 0 Å². The number of ether oxygens (including phenoxy) is 2. The SMILES string of the molecule is NCCN(c1nccc2cc3c(cc12)OCO3)C1CC1. The third-order valence-electron chi connectivity index (χ3n) is 3.87. The molecule has 4 rings (SSSR count). The molecule has 1 saturated carbocycles. The van der Waals surface area contributed by atoms with Gasteiger partial charge in [-0.25, -0.2) is 4.98 Å². The highest BCUT2D eigenvalue weighted by atomic mass is 16.7. The van der Waals surface area contributed by atoms with Crippen LogP contribution in [0.15, 0.2) is 24.4 Å². The normalized spacial score (nSPS) is 16.6. The summed E-state index contributed by atoms with van der Waals surface area (Å²) < 4.78 is 10.9. The Morgan fingerprint density at radius 2 is 2.05 bits per heavy atom. The van der Waals surface area contributed by atoms with Crippen molar-refractivity contribution in [3.05, 3.63) is 24.4 Å². The van der Waals surface area contributed by atoms with Gasteiger partial charge in [0.25, 0.3) is 0 Å². The van der Waals surface area contributed by atoms with Gasteiger partial charge in [0, 0.05) is 30.7 Å². The fourth-order valence-electron chi connectivity index (χ4n) is 2.76. The molecule has 5 nitrogen and oxygen atoms in total. The van der Waals surface area contributed by atoms with E-state index >= 15 is 0 Å². The molecule has 2 aromatic rings. The quantitative estimate of drug-likeness (QED) is 0.920. The number of nitrogens with two attached hydrogens (primary N) is 1. The van der Waals surface area contributed by atoms with Crippen LogP contribution in [0.5, 0.6) is 11.5 Å². The van der Waals surface area contributed by atoms with Gasteiger partial charge in [-0.2, -0.15) is 0 Å². The van der Waals surface area contributed by atoms with Crippen LogP contribution in [0.3, 0.4) is 0 Å². The van der Waals surface area contributed by atoms with E-state index in [2.05, 4.69) is 9.88 Å². The van der Waals surface area contributed by atoms with Gasteiger partial charge in [0.15, 0.2) is 11.5 Å². The summed E-state index contributed by atoms with van der Waals surface area (Å²) in [6, 6.07) is 6.65. The Morgan fingerprint density at radius 1 is 1.25 bits per heavy atom. The van der Waals surface area contributed by atoms with E-state index in [1.807, 2.05) is 24.4 Å². The Hall–Kier alpha value is -2.01. The van der Waals surface area contributed by atoms with Crippen molar-refractivity contribution < 1.29 is 9.47 Å². The summed E-state index contributed by atoms with van der Waals surface area (Å²) in [5, 5.41) is 2.24. The molecule has 1 fully saturated rings. The van der Waals surface area contributed by atoms with Crippen molar-refractivity contribution in [2.75, 3.05) is 24.8 Å². The average Bonchev–Trinajstić information content (AvgIpc) is 3.20. The maximum Gasteiger partial charge on any atom is 0.231 e. The van der Waals surface area contributed by atoms with Crippen molar-refractivity contribution in [2.24, 2.45) is 5.73 Å². The van der Waals surface area contributed by atoms with Crippen LogP contribution in [-0.4, -0.2) is 30.9 Å². The molecular formula is C15H17N3O2. The minimum atomic E-state index is 0.295. The van der Waals surface area contributed by atoms with Gasteiger partial charge in [0.05, 0.1) is 0 Å². The maximum absolute atomic E-state index is 5.75. The van der Waals surface area contributed by atoms with E-state index < -0.39 is 0 Å². The number of nitrogens with zero attached hydrogens (tertiary/aromatic N) is 2. The van der Waals surface area contributed by atoms with Gasteiger partial charge in [0.1, 0.15) is 5.82 Å². The fourth-order valence-corrected chi connectivity index (χ4v) is 2.76. The van der Waals surface area contributed by atoms with E-state index in [1.54, 1.807) is 0 Å². The van der Waals surface area contributed by atoms with Crippen LogP contribution in [0.2, 0.25) is 0 Å². The van der Waals surface area contributed by atoms with E-state index in [0.717, 1.165) is 34.6 Å². The lowest BCUT2D eigenvalue weighted by atomic mass is 10.1. The first-order valence-corrected chi connectivity index (χ1v) is 7.02. The molecule has 0 atom stereocenters. The molecule has 2 aliphatic rings. The van der Waals surface area contributed by atoms with Crippen molar-refractivity contribution in [1.29, 1.82) is 0 Å². The number of pyridine rings is 1. The summed E-state index contributed by atoms with van der Waals surface area (Å²) in [6.07, 6.45) is 4.30. The number of aromatic nitrogens is 1. The lowest BCUT2D eigenvalue weighted by molar-refractivity contribution is 0.174. The Balaban J connectivity index is 1.85. The molecule has 1 aliphatic heterocycles. The Bertz CT molecular complexity index is 655. The predicted molar refractivity (Wildman–Crippen MR) is 77.3 cm³/mol. The maximum atomic E-state index is 5.75. The summed E-state index contributed by atoms with van der Waals surface area (Å²) >= 11 is 0. The molecule has 104 valence electrons. The summed E-state index contributed by atoms with van der Waals surface area (Å²) in [5.41, 5.74) is 5.75. The number of benzene rings is 1. The van der Waals surface area contributed by atoms with Gasteiger partial charge >= 0.3 is 0 Å². The highest BCUT2D eigenvalue weighted by Gasteiger charge is 2.30. The lowest BCUT2D eigenvalue weighted by Gasteiger charge is -2.24. The number of rotatable bonds is 4. The van der Waals surface area contributed by atoms with Crippen LogP contribution in [0.4, 0.5) is 5.82 Å². The van der Waals surface area contributed by atoms with Crippen molar-refractivity contribution in [3.8, 4) is 11.5 Å². The zero-order valence-corrected chi connectivity index (χ0v) is 11.2. The first kappa shape index (κ1) is 11.8. The molecule has 5 heteroatoms. The second-order valence-electron chi connectivity index (χ2n) is 5.27. The van der Waals surface area contributed by atoms with Crippen LogP contribution >= 0.6 is 0 Å². The second-order valence-corrected chi connectivity index (χ2v) is 5.27. The second kappa shape index (κ2) is 4.52. The highest BCUT2D eigenvalue weighted by molar-refractivity contribution is 5.95. The first-order chi connectivity index (χ1) is 9.86. The molecule has 0 unspecified atom stereocenters. The Morgan fingerprint density at radius 3 is 2.80 bits per heavy atom. The van der Waals surface area contributed by atoms with Crippen LogP contribution < -0.4 is 20.1 Å². The van der Waals surface area contributed by atoms with E-state index in [9.17, 15) is 0 Å². The monoisotopic (exact) mass is 271 g/mol. The number of hydrogen-bond acceptors (Lipinski definition) is 5. The topological polar surface area (TPSA) is 60.6 Å². The molecule has 0 radical (unpaired) electrons. The molecule has 1 aromatic heterocycles. The standard InChI is InChI=1S/C15H17N3O2/c16-4-6-18(11-1-2-11)15-12-8-14-13(19-9-20-14)7-10(12)3-5-17-15/h3,5,7-8,11H,1-2,4,6,9,16H2. The van der Waals surface area contributed by atoms with Crippen molar-refractivity contribution in [2.45, 2.75) is 18.9 Å². The van der Waals surface area contributed by atoms with Crippen LogP contribution in [0.25, 0.3) is 10.8 Å². The third-order valence-corrected chi connectivity index (χ3v) is 3.87. The van der Waals surface area contributed by atoms with Crippen molar-refractivity contribution in [3.63, 3.8) is 0 Å². The molecule has 0 amide bonds. The van der Waals surface area contributed by atoms with Gasteiger partial charge in [-0.15, -0.1) is 0 Å². The van der Waals surface area contributed by atoms with Crippen LogP contribution in [0, 0.1) is 0 Å². The molecule has 0 bridgehead atoms. The summed E-state index contributed by atoms with van der Waals surface area (Å²) in [4.78, 5) is 6.91. The Kier molecular flexibility index (Phi) is 2.67. The summed E-state index contributed by atoms with van der Waals surface area (Å²) in [7, 11) is 0. The van der Waals surface area contributed by atoms with Gasteiger partial charge < -0.3 is 20.1 Å². The lowest BCUT2D eigenvalue weighted by Crippen LogP contribution is -2.32. The van der Waals surface area contributed by atoms with Crippen LogP contribution in [-0.2, 0) is 0 Å². The van der Waals surface area contributed by atoms with E-state index in [0.29, 0.717) is 19.4 Å². The largest absolute Gasteiger partial charge is 0.454 e. The van der Waals surface area contributed by atoms with E-state index in [-0.39, 0.29) is 0 Å². The summed E-state index contributed by atoms with van der Waals surface area (Å²) in [6.45, 7) is 1.77. The molecular weight excluding hydrogens is 254 g/mol. The minimum Gasteiger partial charge on any atom is -0.454 e. The number of anilines is 1. The zero-order valence-electron chi connectivity index (χ0n) is 11.2. The van der Waals surface area contributed by atoms with Crippen molar-refractivity contribution >= 4 is 16.6 Å². The number of hydrogen-bond donors (Lipinski definition) is 1. The van der Waals surface area contributed by atoms with Gasteiger partial charge in [-0.05, 0) is 36.4 Å². The smallest absolute Gasteiger partial charge is 0.231 e. The Labute approximate surface area is 117 Å². The molecule has 0 saturated heterocycles.